The molecule has 2 saturated heterocycles. The molecule has 2 aliphatic heterocycles. The van der Waals surface area contributed by atoms with E-state index >= 15 is 0 Å². The minimum Gasteiger partial charge on any atom is -0.381 e. The van der Waals surface area contributed by atoms with E-state index in [1.165, 1.54) is 0 Å². The lowest BCUT2D eigenvalue weighted by molar-refractivity contribution is -0.138. The van der Waals surface area contributed by atoms with Crippen LogP contribution in [0.25, 0.3) is 0 Å². The van der Waals surface area contributed by atoms with E-state index < -0.39 is 23.6 Å². The van der Waals surface area contributed by atoms with Gasteiger partial charge in [-0.1, -0.05) is 6.07 Å². The van der Waals surface area contributed by atoms with Crippen molar-refractivity contribution in [2.45, 2.75) is 37.1 Å². The Hall–Kier alpha value is -1.67. The van der Waals surface area contributed by atoms with Gasteiger partial charge in [0.05, 0.1) is 30.9 Å². The van der Waals surface area contributed by atoms with Crippen LogP contribution in [-0.4, -0.2) is 31.2 Å². The Morgan fingerprint density at radius 2 is 2.04 bits per heavy atom. The number of fused-ring (bicyclic) bond motifs is 1. The fraction of sp³-hybridized carbons (Fsp3) is 0.588. The normalized spacial score (nSPS) is 29.7. The summed E-state index contributed by atoms with van der Waals surface area (Å²) in [6, 6.07) is 1.83. The van der Waals surface area contributed by atoms with Gasteiger partial charge in [-0.15, -0.1) is 0 Å². The summed E-state index contributed by atoms with van der Waals surface area (Å²) in [5.74, 6) is -0.812. The predicted molar refractivity (Wildman–Crippen MR) is 80.0 cm³/mol. The topological polar surface area (TPSA) is 50.4 Å². The van der Waals surface area contributed by atoms with Crippen molar-refractivity contribution >= 4 is 5.91 Å². The minimum absolute atomic E-state index is 0.0674. The second kappa shape index (κ2) is 5.95. The maximum absolute atomic E-state index is 14.3. The van der Waals surface area contributed by atoms with Crippen LogP contribution in [0.2, 0.25) is 0 Å². The maximum atomic E-state index is 14.3. The van der Waals surface area contributed by atoms with E-state index in [0.29, 0.717) is 31.2 Å². The Balaban J connectivity index is 1.53. The maximum Gasteiger partial charge on any atom is 0.416 e. The number of hydrogen-bond acceptors (Lipinski definition) is 3. The zero-order chi connectivity index (χ0) is 17.8. The standard InChI is InChI=1S/C17H18F4N2O2/c18-12-5-10(17(19,20)21)1-2-11(12)15(9-6-25-7-9)23-16(24)14-4-8-3-13(8)22-14/h1-2,5,8-9,13-15,22H,3-4,6-7H2,(H,23,24)/t8?,13-,14?,15-/m1/s1. The van der Waals surface area contributed by atoms with Crippen molar-refractivity contribution in [3.05, 3.63) is 35.1 Å². The summed E-state index contributed by atoms with van der Waals surface area (Å²) >= 11 is 0. The molecule has 3 fully saturated rings. The molecule has 1 aromatic rings. The SMILES string of the molecule is O=C(N[C@@H](c1ccc(C(F)(F)F)cc1F)C1COC1)C1CC2C[C@H]2N1. The van der Waals surface area contributed by atoms with Gasteiger partial charge in [-0.25, -0.2) is 4.39 Å². The largest absolute Gasteiger partial charge is 0.416 e. The molecule has 0 aromatic heterocycles. The van der Waals surface area contributed by atoms with Gasteiger partial charge in [-0.2, -0.15) is 13.2 Å². The van der Waals surface area contributed by atoms with Crippen LogP contribution in [0.3, 0.4) is 0 Å². The first kappa shape index (κ1) is 16.8. The number of hydrogen-bond donors (Lipinski definition) is 2. The van der Waals surface area contributed by atoms with Crippen LogP contribution in [-0.2, 0) is 15.7 Å². The van der Waals surface area contributed by atoms with E-state index in [0.717, 1.165) is 25.0 Å². The number of carbonyl (C=O) groups is 1. The lowest BCUT2D eigenvalue weighted by Gasteiger charge is -2.35. The van der Waals surface area contributed by atoms with Gasteiger partial charge in [0.2, 0.25) is 5.91 Å². The van der Waals surface area contributed by atoms with E-state index in [9.17, 15) is 22.4 Å². The third kappa shape index (κ3) is 3.25. The summed E-state index contributed by atoms with van der Waals surface area (Å²) in [7, 11) is 0. The highest BCUT2D eigenvalue weighted by molar-refractivity contribution is 5.83. The Kier molecular flexibility index (Phi) is 3.99. The van der Waals surface area contributed by atoms with E-state index in [2.05, 4.69) is 10.6 Å². The molecule has 2 unspecified atom stereocenters. The van der Waals surface area contributed by atoms with E-state index in [-0.39, 0.29) is 23.4 Å². The molecular weight excluding hydrogens is 340 g/mol. The first-order valence-corrected chi connectivity index (χ1v) is 8.33. The first-order chi connectivity index (χ1) is 11.8. The summed E-state index contributed by atoms with van der Waals surface area (Å²) in [4.78, 5) is 12.5. The first-order valence-electron chi connectivity index (χ1n) is 8.33. The molecule has 0 spiro atoms. The average Bonchev–Trinajstić information content (AvgIpc) is 3.09. The van der Waals surface area contributed by atoms with Gasteiger partial charge >= 0.3 is 6.18 Å². The minimum atomic E-state index is -4.60. The van der Waals surface area contributed by atoms with Gasteiger partial charge in [-0.05, 0) is 30.9 Å². The highest BCUT2D eigenvalue weighted by Gasteiger charge is 2.48. The summed E-state index contributed by atoms with van der Waals surface area (Å²) in [5.41, 5.74) is -0.973. The van der Waals surface area contributed by atoms with Gasteiger partial charge in [-0.3, -0.25) is 4.79 Å². The lowest BCUT2D eigenvalue weighted by atomic mass is 9.90. The summed E-state index contributed by atoms with van der Waals surface area (Å²) in [5, 5.41) is 6.03. The molecule has 2 N–H and O–H groups in total. The Morgan fingerprint density at radius 1 is 1.28 bits per heavy atom. The molecule has 4 atom stereocenters. The number of rotatable bonds is 4. The predicted octanol–water partition coefficient (Wildman–Crippen LogP) is 2.40. The fourth-order valence-electron chi connectivity index (χ4n) is 3.63. The van der Waals surface area contributed by atoms with Crippen molar-refractivity contribution in [3.8, 4) is 0 Å². The molecular formula is C17H18F4N2O2. The number of ether oxygens (including phenoxy) is 1. The molecule has 25 heavy (non-hydrogen) atoms. The van der Waals surface area contributed by atoms with Crippen LogP contribution in [0.4, 0.5) is 17.6 Å². The Bertz CT molecular complexity index is 680. The molecule has 1 saturated carbocycles. The molecule has 136 valence electrons. The summed E-state index contributed by atoms with van der Waals surface area (Å²) in [6.07, 6.45) is -2.77. The second-order valence-corrected chi connectivity index (χ2v) is 7.08. The molecule has 0 radical (unpaired) electrons. The van der Waals surface area contributed by atoms with E-state index in [1.54, 1.807) is 0 Å². The van der Waals surface area contributed by atoms with E-state index in [4.69, 9.17) is 4.74 Å². The number of nitrogens with one attached hydrogen (secondary N) is 2. The molecule has 8 heteroatoms. The molecule has 2 heterocycles. The summed E-state index contributed by atoms with van der Waals surface area (Å²) < 4.78 is 57.6. The zero-order valence-electron chi connectivity index (χ0n) is 13.3. The quantitative estimate of drug-likeness (QED) is 0.813. The second-order valence-electron chi connectivity index (χ2n) is 7.08. The number of amides is 1. The van der Waals surface area contributed by atoms with E-state index in [1.807, 2.05) is 0 Å². The van der Waals surface area contributed by atoms with Crippen molar-refractivity contribution in [1.82, 2.24) is 10.6 Å². The Morgan fingerprint density at radius 3 is 2.56 bits per heavy atom. The fourth-order valence-corrected chi connectivity index (χ4v) is 3.63. The zero-order valence-corrected chi connectivity index (χ0v) is 13.3. The average molecular weight is 358 g/mol. The number of piperidine rings is 1. The highest BCUT2D eigenvalue weighted by atomic mass is 19.4. The van der Waals surface area contributed by atoms with Crippen molar-refractivity contribution in [3.63, 3.8) is 0 Å². The molecule has 3 aliphatic rings. The highest BCUT2D eigenvalue weighted by Crippen LogP contribution is 2.41. The monoisotopic (exact) mass is 358 g/mol. The van der Waals surface area contributed by atoms with Crippen LogP contribution < -0.4 is 10.6 Å². The van der Waals surface area contributed by atoms with Crippen LogP contribution in [0.15, 0.2) is 18.2 Å². The molecule has 0 bridgehead atoms. The summed E-state index contributed by atoms with van der Waals surface area (Å²) in [6.45, 7) is 0.684. The van der Waals surface area contributed by atoms with Gasteiger partial charge in [0.25, 0.3) is 0 Å². The third-order valence-electron chi connectivity index (χ3n) is 5.29. The molecule has 1 aromatic carbocycles. The molecule has 4 rings (SSSR count). The Labute approximate surface area is 141 Å². The number of carbonyl (C=O) groups excluding carboxylic acids is 1. The number of alkyl halides is 3. The van der Waals surface area contributed by atoms with Crippen LogP contribution in [0.1, 0.15) is 30.0 Å². The third-order valence-corrected chi connectivity index (χ3v) is 5.29. The van der Waals surface area contributed by atoms with Gasteiger partial charge in [0.15, 0.2) is 0 Å². The van der Waals surface area contributed by atoms with Crippen molar-refractivity contribution in [2.75, 3.05) is 13.2 Å². The van der Waals surface area contributed by atoms with Crippen molar-refractivity contribution in [1.29, 1.82) is 0 Å². The van der Waals surface area contributed by atoms with Crippen LogP contribution in [0, 0.1) is 17.7 Å². The number of benzene rings is 1. The molecule has 4 nitrogen and oxygen atoms in total. The molecule has 1 aliphatic carbocycles. The van der Waals surface area contributed by atoms with Crippen LogP contribution >= 0.6 is 0 Å². The smallest absolute Gasteiger partial charge is 0.381 e. The molecule has 1 amide bonds. The van der Waals surface area contributed by atoms with Crippen LogP contribution in [0.5, 0.6) is 0 Å². The van der Waals surface area contributed by atoms with Crippen molar-refractivity contribution < 1.29 is 27.1 Å². The van der Waals surface area contributed by atoms with Crippen molar-refractivity contribution in [2.24, 2.45) is 11.8 Å². The lowest BCUT2D eigenvalue weighted by Crippen LogP contribution is -2.48. The van der Waals surface area contributed by atoms with Gasteiger partial charge in [0, 0.05) is 17.5 Å². The van der Waals surface area contributed by atoms with Gasteiger partial charge < -0.3 is 15.4 Å². The number of halogens is 4. The van der Waals surface area contributed by atoms with Gasteiger partial charge in [0.1, 0.15) is 5.82 Å².